The molecule has 0 spiro atoms. The monoisotopic (exact) mass is 343 g/mol. The van der Waals surface area contributed by atoms with Crippen LogP contribution in [0.5, 0.6) is 0 Å². The van der Waals surface area contributed by atoms with E-state index in [9.17, 15) is 9.59 Å². The van der Waals surface area contributed by atoms with Gasteiger partial charge < -0.3 is 4.57 Å². The van der Waals surface area contributed by atoms with E-state index in [0.717, 1.165) is 10.7 Å². The maximum Gasteiger partial charge on any atom is 0.285 e. The average Bonchev–Trinajstić information content (AvgIpc) is 3.07. The van der Waals surface area contributed by atoms with Crippen LogP contribution >= 0.6 is 24.0 Å². The molecular formula is C16H13N3O2S2. The van der Waals surface area contributed by atoms with Gasteiger partial charge in [-0.15, -0.1) is 0 Å². The second-order valence-corrected chi connectivity index (χ2v) is 6.54. The van der Waals surface area contributed by atoms with Crippen LogP contribution in [0.1, 0.15) is 16.1 Å². The van der Waals surface area contributed by atoms with E-state index in [1.165, 1.54) is 11.8 Å². The number of benzene rings is 1. The maximum atomic E-state index is 12.4. The fourth-order valence-electron chi connectivity index (χ4n) is 2.08. The molecule has 23 heavy (non-hydrogen) atoms. The molecule has 3 rings (SSSR count). The molecule has 0 saturated carbocycles. The Morgan fingerprint density at radius 1 is 1.22 bits per heavy atom. The minimum Gasteiger partial charge on any atom is -0.351 e. The summed E-state index contributed by atoms with van der Waals surface area (Å²) in [7, 11) is 1.89. The van der Waals surface area contributed by atoms with Crippen molar-refractivity contribution in [1.82, 2.24) is 15.0 Å². The third-order valence-electron chi connectivity index (χ3n) is 3.31. The van der Waals surface area contributed by atoms with Gasteiger partial charge in [0.25, 0.3) is 11.8 Å². The molecule has 1 aromatic carbocycles. The molecular weight excluding hydrogens is 330 g/mol. The van der Waals surface area contributed by atoms with Crippen LogP contribution in [0.3, 0.4) is 0 Å². The molecule has 1 aliphatic rings. The Bertz CT molecular complexity index is 812. The third kappa shape index (κ3) is 3.20. The Balaban J connectivity index is 1.78. The summed E-state index contributed by atoms with van der Waals surface area (Å²) in [4.78, 5) is 25.1. The number of rotatable bonds is 3. The fourth-order valence-corrected chi connectivity index (χ4v) is 3.24. The summed E-state index contributed by atoms with van der Waals surface area (Å²) in [5.74, 6) is -0.701. The number of thioether (sulfide) groups is 1. The quantitative estimate of drug-likeness (QED) is 0.687. The first-order valence-corrected chi connectivity index (χ1v) is 8.04. The molecule has 0 unspecified atom stereocenters. The first-order valence-electron chi connectivity index (χ1n) is 6.81. The van der Waals surface area contributed by atoms with Crippen molar-refractivity contribution in [3.63, 3.8) is 0 Å². The first-order chi connectivity index (χ1) is 11.1. The van der Waals surface area contributed by atoms with Crippen LogP contribution in [-0.2, 0) is 11.8 Å². The molecule has 0 atom stereocenters. The maximum absolute atomic E-state index is 12.4. The highest BCUT2D eigenvalue weighted by Gasteiger charge is 2.33. The second-order valence-electron chi connectivity index (χ2n) is 4.87. The highest BCUT2D eigenvalue weighted by atomic mass is 32.2. The van der Waals surface area contributed by atoms with Crippen LogP contribution in [0, 0.1) is 0 Å². The van der Waals surface area contributed by atoms with Gasteiger partial charge in [-0.1, -0.05) is 30.0 Å². The van der Waals surface area contributed by atoms with E-state index in [2.05, 4.69) is 5.43 Å². The summed E-state index contributed by atoms with van der Waals surface area (Å²) in [6, 6.07) is 12.5. The number of carbonyl (C=O) groups is 2. The summed E-state index contributed by atoms with van der Waals surface area (Å²) in [6.07, 6.45) is 3.65. The molecule has 116 valence electrons. The van der Waals surface area contributed by atoms with Crippen molar-refractivity contribution in [2.45, 2.75) is 0 Å². The number of thiocarbonyl (C=S) groups is 1. The molecule has 1 saturated heterocycles. The van der Waals surface area contributed by atoms with Gasteiger partial charge in [0.1, 0.15) is 0 Å². The Hall–Kier alpha value is -2.38. The van der Waals surface area contributed by atoms with Crippen LogP contribution in [0.2, 0.25) is 0 Å². The molecule has 0 aliphatic carbocycles. The van der Waals surface area contributed by atoms with Gasteiger partial charge in [-0.25, -0.2) is 0 Å². The first kappa shape index (κ1) is 15.5. The Morgan fingerprint density at radius 2 is 1.96 bits per heavy atom. The largest absolute Gasteiger partial charge is 0.351 e. The van der Waals surface area contributed by atoms with Gasteiger partial charge in [-0.2, -0.15) is 5.01 Å². The van der Waals surface area contributed by atoms with E-state index < -0.39 is 0 Å². The van der Waals surface area contributed by atoms with Crippen molar-refractivity contribution in [3.05, 3.63) is 64.8 Å². The van der Waals surface area contributed by atoms with E-state index in [0.29, 0.717) is 14.8 Å². The number of nitrogens with zero attached hydrogens (tertiary/aromatic N) is 2. The average molecular weight is 343 g/mol. The van der Waals surface area contributed by atoms with E-state index in [1.54, 1.807) is 30.3 Å². The zero-order valence-electron chi connectivity index (χ0n) is 12.2. The van der Waals surface area contributed by atoms with Crippen molar-refractivity contribution >= 4 is 46.2 Å². The summed E-state index contributed by atoms with van der Waals surface area (Å²) >= 11 is 6.36. The Kier molecular flexibility index (Phi) is 4.31. The zero-order chi connectivity index (χ0) is 16.4. The molecule has 2 aromatic rings. The lowest BCUT2D eigenvalue weighted by molar-refractivity contribution is -0.123. The highest BCUT2D eigenvalue weighted by Crippen LogP contribution is 2.31. The molecule has 1 fully saturated rings. The molecule has 0 bridgehead atoms. The SMILES string of the molecule is Cn1cccc1/C=C1/SC(=S)N(NC(=O)c2ccccc2)C1=O. The Morgan fingerprint density at radius 3 is 2.61 bits per heavy atom. The zero-order valence-corrected chi connectivity index (χ0v) is 13.9. The second kappa shape index (κ2) is 6.39. The lowest BCUT2D eigenvalue weighted by atomic mass is 10.2. The minimum absolute atomic E-state index is 0.305. The molecule has 2 heterocycles. The van der Waals surface area contributed by atoms with E-state index in [-0.39, 0.29) is 11.8 Å². The lowest BCUT2D eigenvalue weighted by Gasteiger charge is -2.15. The lowest BCUT2D eigenvalue weighted by Crippen LogP contribution is -2.44. The summed E-state index contributed by atoms with van der Waals surface area (Å²) < 4.78 is 2.20. The molecule has 1 aromatic heterocycles. The fraction of sp³-hybridized carbons (Fsp3) is 0.0625. The summed E-state index contributed by atoms with van der Waals surface area (Å²) in [6.45, 7) is 0. The Labute approximate surface area is 142 Å². The van der Waals surface area contributed by atoms with Gasteiger partial charge in [-0.3, -0.25) is 15.0 Å². The highest BCUT2D eigenvalue weighted by molar-refractivity contribution is 8.26. The van der Waals surface area contributed by atoms with Gasteiger partial charge in [0.15, 0.2) is 4.32 Å². The van der Waals surface area contributed by atoms with Gasteiger partial charge in [0.05, 0.1) is 4.91 Å². The molecule has 1 aliphatic heterocycles. The van der Waals surface area contributed by atoms with Crippen LogP contribution in [0.4, 0.5) is 0 Å². The van der Waals surface area contributed by atoms with Crippen molar-refractivity contribution in [2.24, 2.45) is 7.05 Å². The van der Waals surface area contributed by atoms with Crippen LogP contribution < -0.4 is 5.43 Å². The number of carbonyl (C=O) groups excluding carboxylic acids is 2. The number of hydrogen-bond acceptors (Lipinski definition) is 4. The van der Waals surface area contributed by atoms with Crippen LogP contribution in [0.15, 0.2) is 53.6 Å². The number of nitrogens with one attached hydrogen (secondary N) is 1. The van der Waals surface area contributed by atoms with Gasteiger partial charge >= 0.3 is 0 Å². The molecule has 1 N–H and O–H groups in total. The van der Waals surface area contributed by atoms with Crippen LogP contribution in [-0.4, -0.2) is 25.7 Å². The number of aromatic nitrogens is 1. The van der Waals surface area contributed by atoms with E-state index >= 15 is 0 Å². The summed E-state index contributed by atoms with van der Waals surface area (Å²) in [5.41, 5.74) is 3.91. The minimum atomic E-state index is -0.373. The predicted octanol–water partition coefficient (Wildman–Crippen LogP) is 2.57. The van der Waals surface area contributed by atoms with Crippen molar-refractivity contribution in [3.8, 4) is 0 Å². The van der Waals surface area contributed by atoms with E-state index in [4.69, 9.17) is 12.2 Å². The van der Waals surface area contributed by atoms with Gasteiger partial charge in [0.2, 0.25) is 0 Å². The number of amides is 2. The number of aryl methyl sites for hydroxylation is 1. The van der Waals surface area contributed by atoms with E-state index in [1.807, 2.05) is 36.0 Å². The molecule has 5 nitrogen and oxygen atoms in total. The standard InChI is InChI=1S/C16H13N3O2S2/c1-18-9-5-8-12(18)10-13-15(21)19(16(22)23-13)17-14(20)11-6-3-2-4-7-11/h2-10H,1H3,(H,17,20)/b13-10+. The number of hydrogen-bond donors (Lipinski definition) is 1. The van der Waals surface area contributed by atoms with Crippen molar-refractivity contribution in [1.29, 1.82) is 0 Å². The molecule has 7 heteroatoms. The topological polar surface area (TPSA) is 54.3 Å². The van der Waals surface area contributed by atoms with Gasteiger partial charge in [-0.05, 0) is 42.6 Å². The molecule has 0 radical (unpaired) electrons. The number of hydrazine groups is 1. The normalized spacial score (nSPS) is 16.2. The van der Waals surface area contributed by atoms with Crippen molar-refractivity contribution < 1.29 is 9.59 Å². The van der Waals surface area contributed by atoms with Crippen molar-refractivity contribution in [2.75, 3.05) is 0 Å². The predicted molar refractivity (Wildman–Crippen MR) is 94.3 cm³/mol. The third-order valence-corrected chi connectivity index (χ3v) is 4.61. The smallest absolute Gasteiger partial charge is 0.285 e. The van der Waals surface area contributed by atoms with Gasteiger partial charge in [0, 0.05) is 24.5 Å². The van der Waals surface area contributed by atoms with Crippen LogP contribution in [0.25, 0.3) is 6.08 Å². The molecule has 2 amide bonds. The summed E-state index contributed by atoms with van der Waals surface area (Å²) in [5, 5.41) is 1.12.